The Morgan fingerprint density at radius 3 is 3.12 bits per heavy atom. The Hall–Kier alpha value is -1.61. The Labute approximate surface area is 93.4 Å². The zero-order chi connectivity index (χ0) is 11.0. The average Bonchev–Trinajstić information content (AvgIpc) is 2.88. The lowest BCUT2D eigenvalue weighted by Gasteiger charge is -2.08. The van der Waals surface area contributed by atoms with Crippen LogP contribution in [0.5, 0.6) is 0 Å². The van der Waals surface area contributed by atoms with Crippen LogP contribution in [0, 0.1) is 0 Å². The minimum absolute atomic E-state index is 0.00403. The van der Waals surface area contributed by atoms with Gasteiger partial charge in [0.25, 0.3) is 0 Å². The highest BCUT2D eigenvalue weighted by atomic mass is 16.3. The summed E-state index contributed by atoms with van der Waals surface area (Å²) in [5.74, 6) is 0.326. The summed E-state index contributed by atoms with van der Waals surface area (Å²) in [6.45, 7) is 0.817. The van der Waals surface area contributed by atoms with E-state index in [0.29, 0.717) is 12.2 Å². The van der Waals surface area contributed by atoms with Crippen LogP contribution in [0.25, 0.3) is 11.0 Å². The number of rotatable bonds is 2. The lowest BCUT2D eigenvalue weighted by molar-refractivity contribution is -0.118. The minimum Gasteiger partial charge on any atom is -0.464 e. The zero-order valence-electron chi connectivity index (χ0n) is 8.90. The molecule has 3 nitrogen and oxygen atoms in total. The van der Waals surface area contributed by atoms with E-state index in [-0.39, 0.29) is 6.04 Å². The van der Waals surface area contributed by atoms with Crippen molar-refractivity contribution in [2.75, 3.05) is 6.54 Å². The molecular weight excluding hydrogens is 202 g/mol. The van der Waals surface area contributed by atoms with Gasteiger partial charge in [0.1, 0.15) is 5.58 Å². The second-order valence-electron chi connectivity index (χ2n) is 4.22. The fourth-order valence-electron chi connectivity index (χ4n) is 2.22. The van der Waals surface area contributed by atoms with E-state index in [1.165, 1.54) is 5.56 Å². The van der Waals surface area contributed by atoms with Crippen molar-refractivity contribution in [1.29, 1.82) is 0 Å². The lowest BCUT2D eigenvalue weighted by Crippen LogP contribution is -2.29. The molecular formula is C13H13NO2. The topological polar surface area (TPSA) is 42.2 Å². The Kier molecular flexibility index (Phi) is 2.26. The number of nitrogens with one attached hydrogen (secondary N) is 1. The SMILES string of the molecule is O=C1CCNC1Cc1ccc2occc2c1. The third kappa shape index (κ3) is 1.63. The molecule has 0 radical (unpaired) electrons. The van der Waals surface area contributed by atoms with Crippen LogP contribution >= 0.6 is 0 Å². The van der Waals surface area contributed by atoms with Crippen LogP contribution in [0.15, 0.2) is 34.9 Å². The first-order valence-corrected chi connectivity index (χ1v) is 5.55. The largest absolute Gasteiger partial charge is 0.464 e. The maximum atomic E-state index is 11.5. The summed E-state index contributed by atoms with van der Waals surface area (Å²) >= 11 is 0. The molecule has 0 amide bonds. The molecule has 2 aromatic rings. The van der Waals surface area contributed by atoms with E-state index in [1.54, 1.807) is 6.26 Å². The molecule has 16 heavy (non-hydrogen) atoms. The first-order valence-electron chi connectivity index (χ1n) is 5.55. The molecule has 1 unspecified atom stereocenters. The van der Waals surface area contributed by atoms with E-state index in [4.69, 9.17) is 4.42 Å². The molecule has 2 heterocycles. The van der Waals surface area contributed by atoms with E-state index in [2.05, 4.69) is 11.4 Å². The quantitative estimate of drug-likeness (QED) is 0.832. The predicted molar refractivity (Wildman–Crippen MR) is 61.3 cm³/mol. The maximum Gasteiger partial charge on any atom is 0.151 e. The van der Waals surface area contributed by atoms with Crippen molar-refractivity contribution in [3.8, 4) is 0 Å². The molecule has 3 heteroatoms. The molecule has 0 aliphatic carbocycles. The Morgan fingerprint density at radius 1 is 1.38 bits per heavy atom. The van der Waals surface area contributed by atoms with Crippen molar-refractivity contribution >= 4 is 16.8 Å². The minimum atomic E-state index is 0.00403. The summed E-state index contributed by atoms with van der Waals surface area (Å²) in [6.07, 6.45) is 3.13. The standard InChI is InChI=1S/C13H13NO2/c15-12-3-5-14-11(12)8-9-1-2-13-10(7-9)4-6-16-13/h1-2,4,6-7,11,14H,3,5,8H2. The highest BCUT2D eigenvalue weighted by molar-refractivity contribution is 5.86. The van der Waals surface area contributed by atoms with Crippen molar-refractivity contribution in [2.45, 2.75) is 18.9 Å². The highest BCUT2D eigenvalue weighted by Crippen LogP contribution is 2.18. The second kappa shape index (κ2) is 3.76. The summed E-state index contributed by atoms with van der Waals surface area (Å²) in [6, 6.07) is 8.03. The zero-order valence-corrected chi connectivity index (χ0v) is 8.90. The van der Waals surface area contributed by atoms with Gasteiger partial charge in [0.15, 0.2) is 5.78 Å². The summed E-state index contributed by atoms with van der Waals surface area (Å²) in [4.78, 5) is 11.5. The van der Waals surface area contributed by atoms with Gasteiger partial charge in [0.05, 0.1) is 12.3 Å². The summed E-state index contributed by atoms with van der Waals surface area (Å²) in [5.41, 5.74) is 2.08. The summed E-state index contributed by atoms with van der Waals surface area (Å²) in [7, 11) is 0. The van der Waals surface area contributed by atoms with Crippen molar-refractivity contribution in [1.82, 2.24) is 5.32 Å². The van der Waals surface area contributed by atoms with Gasteiger partial charge in [-0.05, 0) is 30.2 Å². The monoisotopic (exact) mass is 215 g/mol. The van der Waals surface area contributed by atoms with Crippen LogP contribution < -0.4 is 5.32 Å². The van der Waals surface area contributed by atoms with E-state index >= 15 is 0 Å². The molecule has 3 rings (SSSR count). The smallest absolute Gasteiger partial charge is 0.151 e. The highest BCUT2D eigenvalue weighted by Gasteiger charge is 2.23. The second-order valence-corrected chi connectivity index (χ2v) is 4.22. The first-order chi connectivity index (χ1) is 7.83. The number of Topliss-reactive ketones (excluding diaryl/α,β-unsaturated/α-hetero) is 1. The number of benzene rings is 1. The van der Waals surface area contributed by atoms with Crippen LogP contribution in [-0.2, 0) is 11.2 Å². The van der Waals surface area contributed by atoms with Gasteiger partial charge in [0, 0.05) is 18.4 Å². The van der Waals surface area contributed by atoms with Gasteiger partial charge in [-0.1, -0.05) is 6.07 Å². The van der Waals surface area contributed by atoms with Gasteiger partial charge in [0.2, 0.25) is 0 Å². The normalized spacial score (nSPS) is 20.8. The molecule has 82 valence electrons. The van der Waals surface area contributed by atoms with E-state index in [0.717, 1.165) is 23.9 Å². The first kappa shape index (κ1) is 9.60. The van der Waals surface area contributed by atoms with Gasteiger partial charge in [-0.25, -0.2) is 0 Å². The predicted octanol–water partition coefficient (Wildman–Crippen LogP) is 1.91. The molecule has 1 fully saturated rings. The lowest BCUT2D eigenvalue weighted by atomic mass is 10.0. The molecule has 0 saturated carbocycles. The van der Waals surface area contributed by atoms with E-state index in [9.17, 15) is 4.79 Å². The number of carbonyl (C=O) groups is 1. The third-order valence-corrected chi connectivity index (χ3v) is 3.11. The van der Waals surface area contributed by atoms with E-state index in [1.807, 2.05) is 18.2 Å². The molecule has 1 aromatic heterocycles. The van der Waals surface area contributed by atoms with Gasteiger partial charge >= 0.3 is 0 Å². The van der Waals surface area contributed by atoms with Gasteiger partial charge < -0.3 is 9.73 Å². The molecule has 1 aliphatic heterocycles. The molecule has 0 bridgehead atoms. The number of fused-ring (bicyclic) bond motifs is 1. The number of hydrogen-bond donors (Lipinski definition) is 1. The molecule has 1 aliphatic rings. The summed E-state index contributed by atoms with van der Waals surface area (Å²) in [5, 5.41) is 4.32. The van der Waals surface area contributed by atoms with Crippen LogP contribution in [-0.4, -0.2) is 18.4 Å². The maximum absolute atomic E-state index is 11.5. The van der Waals surface area contributed by atoms with Crippen molar-refractivity contribution < 1.29 is 9.21 Å². The Morgan fingerprint density at radius 2 is 2.31 bits per heavy atom. The average molecular weight is 215 g/mol. The molecule has 1 atom stereocenters. The van der Waals surface area contributed by atoms with Crippen LogP contribution in [0.4, 0.5) is 0 Å². The fourth-order valence-corrected chi connectivity index (χ4v) is 2.22. The molecule has 1 N–H and O–H groups in total. The van der Waals surface area contributed by atoms with Crippen molar-refractivity contribution in [2.24, 2.45) is 0 Å². The summed E-state index contributed by atoms with van der Waals surface area (Å²) < 4.78 is 5.28. The van der Waals surface area contributed by atoms with Crippen LogP contribution in [0.2, 0.25) is 0 Å². The fraction of sp³-hybridized carbons (Fsp3) is 0.308. The third-order valence-electron chi connectivity index (χ3n) is 3.11. The number of carbonyl (C=O) groups excluding carboxylic acids is 1. The molecule has 1 aromatic carbocycles. The number of furan rings is 1. The van der Waals surface area contributed by atoms with Gasteiger partial charge in [-0.2, -0.15) is 0 Å². The van der Waals surface area contributed by atoms with E-state index < -0.39 is 0 Å². The van der Waals surface area contributed by atoms with Crippen molar-refractivity contribution in [3.05, 3.63) is 36.1 Å². The van der Waals surface area contributed by atoms with Crippen molar-refractivity contribution in [3.63, 3.8) is 0 Å². The van der Waals surface area contributed by atoms with Crippen LogP contribution in [0.3, 0.4) is 0 Å². The number of hydrogen-bond acceptors (Lipinski definition) is 3. The van der Waals surface area contributed by atoms with Gasteiger partial charge in [-0.15, -0.1) is 0 Å². The molecule has 0 spiro atoms. The Balaban J connectivity index is 1.85. The van der Waals surface area contributed by atoms with Crippen LogP contribution in [0.1, 0.15) is 12.0 Å². The Bertz CT molecular complexity index is 529. The van der Waals surface area contributed by atoms with Gasteiger partial charge in [-0.3, -0.25) is 4.79 Å². The molecule has 1 saturated heterocycles. The number of ketones is 1.